The zero-order chi connectivity index (χ0) is 11.6. The van der Waals surface area contributed by atoms with Gasteiger partial charge < -0.3 is 9.88 Å². The predicted molar refractivity (Wildman–Crippen MR) is 66.2 cm³/mol. The second kappa shape index (κ2) is 4.58. The molecule has 0 bridgehead atoms. The molecule has 1 saturated carbocycles. The summed E-state index contributed by atoms with van der Waals surface area (Å²) in [5, 5.41) is 3.65. The van der Waals surface area contributed by atoms with E-state index in [1.165, 1.54) is 25.0 Å². The Kier molecular flexibility index (Phi) is 3.33. The van der Waals surface area contributed by atoms with Gasteiger partial charge in [0.2, 0.25) is 0 Å². The Morgan fingerprint density at radius 3 is 3.00 bits per heavy atom. The Labute approximate surface area is 98.3 Å². The molecule has 3 nitrogen and oxygen atoms in total. The standard InChI is InChI=1S/C13H23N3/c1-4-16-10-14-8-12(16)9-15-11-5-6-13(2,3)7-11/h8,10-11,15H,4-7,9H2,1-3H3. The summed E-state index contributed by atoms with van der Waals surface area (Å²) in [4.78, 5) is 4.19. The molecule has 16 heavy (non-hydrogen) atoms. The van der Waals surface area contributed by atoms with Crippen molar-refractivity contribution in [3.63, 3.8) is 0 Å². The zero-order valence-electron chi connectivity index (χ0n) is 10.7. The van der Waals surface area contributed by atoms with Gasteiger partial charge in [-0.3, -0.25) is 0 Å². The van der Waals surface area contributed by atoms with E-state index in [2.05, 4.69) is 35.6 Å². The largest absolute Gasteiger partial charge is 0.334 e. The Morgan fingerprint density at radius 2 is 2.38 bits per heavy atom. The van der Waals surface area contributed by atoms with Crippen molar-refractivity contribution >= 4 is 0 Å². The predicted octanol–water partition coefficient (Wildman–Crippen LogP) is 2.57. The van der Waals surface area contributed by atoms with Crippen LogP contribution in [-0.4, -0.2) is 15.6 Å². The quantitative estimate of drug-likeness (QED) is 0.847. The van der Waals surface area contributed by atoms with Crippen molar-refractivity contribution in [3.8, 4) is 0 Å². The third kappa shape index (κ3) is 2.64. The van der Waals surface area contributed by atoms with Crippen LogP contribution >= 0.6 is 0 Å². The molecule has 1 N–H and O–H groups in total. The summed E-state index contributed by atoms with van der Waals surface area (Å²) in [7, 11) is 0. The van der Waals surface area contributed by atoms with E-state index < -0.39 is 0 Å². The van der Waals surface area contributed by atoms with E-state index in [4.69, 9.17) is 0 Å². The molecule has 0 radical (unpaired) electrons. The van der Waals surface area contributed by atoms with Crippen LogP contribution in [0.1, 0.15) is 45.7 Å². The third-order valence-electron chi connectivity index (χ3n) is 3.68. The van der Waals surface area contributed by atoms with Gasteiger partial charge in [-0.15, -0.1) is 0 Å². The van der Waals surface area contributed by atoms with Gasteiger partial charge >= 0.3 is 0 Å². The highest BCUT2D eigenvalue weighted by Crippen LogP contribution is 2.36. The maximum atomic E-state index is 4.19. The van der Waals surface area contributed by atoms with Gasteiger partial charge in [0.25, 0.3) is 0 Å². The van der Waals surface area contributed by atoms with Crippen molar-refractivity contribution in [3.05, 3.63) is 18.2 Å². The minimum Gasteiger partial charge on any atom is -0.334 e. The summed E-state index contributed by atoms with van der Waals surface area (Å²) in [5.74, 6) is 0. The third-order valence-corrected chi connectivity index (χ3v) is 3.68. The number of hydrogen-bond acceptors (Lipinski definition) is 2. The average molecular weight is 221 g/mol. The molecule has 1 aliphatic carbocycles. The molecule has 1 heterocycles. The van der Waals surface area contributed by atoms with Gasteiger partial charge in [-0.1, -0.05) is 13.8 Å². The van der Waals surface area contributed by atoms with E-state index in [0.717, 1.165) is 13.1 Å². The summed E-state index contributed by atoms with van der Waals surface area (Å²) in [6.45, 7) is 8.85. The lowest BCUT2D eigenvalue weighted by Crippen LogP contribution is -2.27. The fraction of sp³-hybridized carbons (Fsp3) is 0.769. The fourth-order valence-corrected chi connectivity index (χ4v) is 2.64. The number of rotatable bonds is 4. The second-order valence-corrected chi connectivity index (χ2v) is 5.66. The second-order valence-electron chi connectivity index (χ2n) is 5.66. The summed E-state index contributed by atoms with van der Waals surface area (Å²) in [5.41, 5.74) is 1.83. The molecular weight excluding hydrogens is 198 g/mol. The van der Waals surface area contributed by atoms with Crippen LogP contribution in [0.4, 0.5) is 0 Å². The lowest BCUT2D eigenvalue weighted by atomic mass is 9.92. The van der Waals surface area contributed by atoms with E-state index >= 15 is 0 Å². The van der Waals surface area contributed by atoms with Gasteiger partial charge in [0.15, 0.2) is 0 Å². The smallest absolute Gasteiger partial charge is 0.0948 e. The van der Waals surface area contributed by atoms with Crippen LogP contribution in [0.25, 0.3) is 0 Å². The first-order valence-electron chi connectivity index (χ1n) is 6.33. The Hall–Kier alpha value is -0.830. The molecule has 1 unspecified atom stereocenters. The van der Waals surface area contributed by atoms with E-state index in [-0.39, 0.29) is 0 Å². The van der Waals surface area contributed by atoms with E-state index in [0.29, 0.717) is 11.5 Å². The van der Waals surface area contributed by atoms with Gasteiger partial charge in [-0.2, -0.15) is 0 Å². The first-order valence-corrected chi connectivity index (χ1v) is 6.33. The van der Waals surface area contributed by atoms with Crippen LogP contribution in [-0.2, 0) is 13.1 Å². The summed E-state index contributed by atoms with van der Waals surface area (Å²) in [6.07, 6.45) is 7.84. The summed E-state index contributed by atoms with van der Waals surface area (Å²) >= 11 is 0. The maximum absolute atomic E-state index is 4.19. The van der Waals surface area contributed by atoms with Crippen LogP contribution in [0.3, 0.4) is 0 Å². The van der Waals surface area contributed by atoms with Crippen LogP contribution < -0.4 is 5.32 Å². The first kappa shape index (κ1) is 11.6. The molecule has 0 aromatic carbocycles. The number of aryl methyl sites for hydroxylation is 1. The molecule has 1 aliphatic rings. The lowest BCUT2D eigenvalue weighted by molar-refractivity contribution is 0.363. The highest BCUT2D eigenvalue weighted by atomic mass is 15.1. The van der Waals surface area contributed by atoms with E-state index in [1.807, 2.05) is 12.5 Å². The van der Waals surface area contributed by atoms with Crippen molar-refractivity contribution in [1.29, 1.82) is 0 Å². The van der Waals surface area contributed by atoms with E-state index in [9.17, 15) is 0 Å². The number of aromatic nitrogens is 2. The summed E-state index contributed by atoms with van der Waals surface area (Å²) < 4.78 is 2.20. The van der Waals surface area contributed by atoms with Crippen molar-refractivity contribution < 1.29 is 0 Å². The molecule has 90 valence electrons. The lowest BCUT2D eigenvalue weighted by Gasteiger charge is -2.18. The molecule has 1 aromatic heterocycles. The summed E-state index contributed by atoms with van der Waals surface area (Å²) in [6, 6.07) is 0.690. The molecule has 1 atom stereocenters. The molecule has 0 aliphatic heterocycles. The number of nitrogens with zero attached hydrogens (tertiary/aromatic N) is 2. The fourth-order valence-electron chi connectivity index (χ4n) is 2.64. The first-order chi connectivity index (χ1) is 7.61. The van der Waals surface area contributed by atoms with Gasteiger partial charge in [0.05, 0.1) is 12.0 Å². The minimum absolute atomic E-state index is 0.530. The number of imidazole rings is 1. The van der Waals surface area contributed by atoms with Crippen molar-refractivity contribution in [2.24, 2.45) is 5.41 Å². The molecule has 0 amide bonds. The normalized spacial score (nSPS) is 23.8. The Morgan fingerprint density at radius 1 is 1.56 bits per heavy atom. The molecule has 3 heteroatoms. The molecule has 1 aromatic rings. The maximum Gasteiger partial charge on any atom is 0.0948 e. The van der Waals surface area contributed by atoms with Gasteiger partial charge in [0, 0.05) is 25.3 Å². The van der Waals surface area contributed by atoms with Gasteiger partial charge in [0.1, 0.15) is 0 Å². The number of hydrogen-bond donors (Lipinski definition) is 1. The monoisotopic (exact) mass is 221 g/mol. The van der Waals surface area contributed by atoms with Crippen molar-refractivity contribution in [2.75, 3.05) is 0 Å². The molecule has 1 fully saturated rings. The molecule has 2 rings (SSSR count). The highest BCUT2D eigenvalue weighted by Gasteiger charge is 2.30. The van der Waals surface area contributed by atoms with Crippen molar-refractivity contribution in [1.82, 2.24) is 14.9 Å². The molecular formula is C13H23N3. The SMILES string of the molecule is CCn1cncc1CNC1CCC(C)(C)C1. The molecule has 0 saturated heterocycles. The Bertz CT molecular complexity index is 341. The number of nitrogens with one attached hydrogen (secondary N) is 1. The topological polar surface area (TPSA) is 29.9 Å². The average Bonchev–Trinajstić information content (AvgIpc) is 2.81. The van der Waals surface area contributed by atoms with Gasteiger partial charge in [-0.05, 0) is 31.6 Å². The van der Waals surface area contributed by atoms with E-state index in [1.54, 1.807) is 0 Å². The minimum atomic E-state index is 0.530. The van der Waals surface area contributed by atoms with Crippen LogP contribution in [0.2, 0.25) is 0 Å². The van der Waals surface area contributed by atoms with Crippen LogP contribution in [0.15, 0.2) is 12.5 Å². The van der Waals surface area contributed by atoms with Crippen LogP contribution in [0.5, 0.6) is 0 Å². The Balaban J connectivity index is 1.84. The van der Waals surface area contributed by atoms with Crippen molar-refractivity contribution in [2.45, 2.75) is 59.2 Å². The zero-order valence-corrected chi connectivity index (χ0v) is 10.7. The molecule has 0 spiro atoms. The highest BCUT2D eigenvalue weighted by molar-refractivity contribution is 4.99. The van der Waals surface area contributed by atoms with Crippen LogP contribution in [0, 0.1) is 5.41 Å². The van der Waals surface area contributed by atoms with Gasteiger partial charge in [-0.25, -0.2) is 4.98 Å².